The molecule has 4 rings (SSSR count). The molecule has 0 radical (unpaired) electrons. The molecule has 4 aromatic rings. The Morgan fingerprint density at radius 3 is 2.83 bits per heavy atom. The SMILES string of the molecule is O=C(Nn1c(SCc2c(F)cccc2Cl)nc2ccsc2c1=O)c1cccc(Br)c1. The third-order valence-electron chi connectivity index (χ3n) is 4.16. The Morgan fingerprint density at radius 2 is 2.07 bits per heavy atom. The van der Waals surface area contributed by atoms with Gasteiger partial charge in [-0.25, -0.2) is 9.37 Å². The topological polar surface area (TPSA) is 64.0 Å². The van der Waals surface area contributed by atoms with Gasteiger partial charge in [0, 0.05) is 26.4 Å². The molecule has 0 saturated heterocycles. The van der Waals surface area contributed by atoms with E-state index in [1.807, 2.05) is 0 Å². The summed E-state index contributed by atoms with van der Waals surface area (Å²) in [6, 6.07) is 13.0. The molecule has 0 bridgehead atoms. The van der Waals surface area contributed by atoms with E-state index in [9.17, 15) is 14.0 Å². The molecule has 10 heteroatoms. The van der Waals surface area contributed by atoms with Gasteiger partial charge in [0.05, 0.1) is 5.52 Å². The van der Waals surface area contributed by atoms with Crippen molar-refractivity contribution in [1.29, 1.82) is 0 Å². The van der Waals surface area contributed by atoms with Crippen LogP contribution < -0.4 is 11.0 Å². The average molecular weight is 525 g/mol. The second-order valence-corrected chi connectivity index (χ2v) is 9.29. The Morgan fingerprint density at radius 1 is 1.27 bits per heavy atom. The molecule has 2 aromatic heterocycles. The molecule has 1 amide bonds. The van der Waals surface area contributed by atoms with Crippen LogP contribution in [0.15, 0.2) is 68.3 Å². The molecular formula is C20H12BrClFN3O2S2. The van der Waals surface area contributed by atoms with Gasteiger partial charge >= 0.3 is 0 Å². The van der Waals surface area contributed by atoms with Crippen molar-refractivity contribution in [1.82, 2.24) is 9.66 Å². The predicted molar refractivity (Wildman–Crippen MR) is 123 cm³/mol. The lowest BCUT2D eigenvalue weighted by Crippen LogP contribution is -2.34. The lowest BCUT2D eigenvalue weighted by Gasteiger charge is -2.13. The Labute approximate surface area is 192 Å². The van der Waals surface area contributed by atoms with Crippen LogP contribution in [0.3, 0.4) is 0 Å². The molecule has 0 atom stereocenters. The van der Waals surface area contributed by atoms with Crippen molar-refractivity contribution >= 4 is 66.8 Å². The number of carbonyl (C=O) groups is 1. The second-order valence-electron chi connectivity index (χ2n) is 6.11. The zero-order valence-corrected chi connectivity index (χ0v) is 19.0. The molecule has 0 saturated carbocycles. The Balaban J connectivity index is 1.71. The van der Waals surface area contributed by atoms with E-state index < -0.39 is 17.3 Å². The number of nitrogens with zero attached hydrogens (tertiary/aromatic N) is 2. The first-order valence-corrected chi connectivity index (χ1v) is 11.6. The summed E-state index contributed by atoms with van der Waals surface area (Å²) in [7, 11) is 0. The van der Waals surface area contributed by atoms with Crippen LogP contribution in [0.5, 0.6) is 0 Å². The highest BCUT2D eigenvalue weighted by molar-refractivity contribution is 9.10. The van der Waals surface area contributed by atoms with Crippen LogP contribution in [0.25, 0.3) is 10.2 Å². The van der Waals surface area contributed by atoms with Gasteiger partial charge in [0.2, 0.25) is 0 Å². The van der Waals surface area contributed by atoms with Crippen LogP contribution in [-0.2, 0) is 5.75 Å². The third-order valence-corrected chi connectivity index (χ3v) is 6.86. The molecule has 0 unspecified atom stereocenters. The van der Waals surface area contributed by atoms with Crippen LogP contribution in [0, 0.1) is 5.82 Å². The number of hydrogen-bond donors (Lipinski definition) is 1. The number of carbonyl (C=O) groups excluding carboxylic acids is 1. The maximum atomic E-state index is 14.1. The van der Waals surface area contributed by atoms with E-state index in [4.69, 9.17) is 11.6 Å². The van der Waals surface area contributed by atoms with Crippen molar-refractivity contribution in [2.45, 2.75) is 10.9 Å². The molecule has 5 nitrogen and oxygen atoms in total. The summed E-state index contributed by atoms with van der Waals surface area (Å²) >= 11 is 11.8. The summed E-state index contributed by atoms with van der Waals surface area (Å²) in [4.78, 5) is 30.2. The van der Waals surface area contributed by atoms with E-state index in [1.165, 1.54) is 23.5 Å². The van der Waals surface area contributed by atoms with E-state index in [2.05, 4.69) is 26.3 Å². The molecule has 0 spiro atoms. The maximum absolute atomic E-state index is 14.1. The van der Waals surface area contributed by atoms with E-state index in [-0.39, 0.29) is 15.9 Å². The summed E-state index contributed by atoms with van der Waals surface area (Å²) in [5.41, 5.74) is 3.39. The van der Waals surface area contributed by atoms with Crippen molar-refractivity contribution < 1.29 is 9.18 Å². The Kier molecular flexibility index (Phi) is 6.24. The Hall–Kier alpha value is -2.20. The van der Waals surface area contributed by atoms with Gasteiger partial charge in [0.15, 0.2) is 5.16 Å². The first kappa shape index (κ1) is 21.0. The van der Waals surface area contributed by atoms with Gasteiger partial charge < -0.3 is 0 Å². The lowest BCUT2D eigenvalue weighted by atomic mass is 10.2. The molecule has 0 aliphatic heterocycles. The van der Waals surface area contributed by atoms with Crippen molar-refractivity contribution in [3.63, 3.8) is 0 Å². The van der Waals surface area contributed by atoms with Crippen LogP contribution in [0.1, 0.15) is 15.9 Å². The summed E-state index contributed by atoms with van der Waals surface area (Å²) in [6.07, 6.45) is 0. The number of nitrogens with one attached hydrogen (secondary N) is 1. The van der Waals surface area contributed by atoms with Gasteiger partial charge in [-0.1, -0.05) is 51.4 Å². The molecule has 152 valence electrons. The molecule has 1 N–H and O–H groups in total. The third kappa shape index (κ3) is 4.29. The fourth-order valence-electron chi connectivity index (χ4n) is 2.69. The van der Waals surface area contributed by atoms with Crippen molar-refractivity contribution in [2.75, 3.05) is 5.43 Å². The van der Waals surface area contributed by atoms with Gasteiger partial charge in [-0.3, -0.25) is 15.0 Å². The zero-order valence-electron chi connectivity index (χ0n) is 15.1. The number of hydrogen-bond acceptors (Lipinski definition) is 5. The van der Waals surface area contributed by atoms with Crippen molar-refractivity contribution in [3.8, 4) is 0 Å². The molecule has 2 aromatic carbocycles. The minimum absolute atomic E-state index is 0.139. The standard InChI is InChI=1S/C20H12BrClFN3O2S2/c21-12-4-1-3-11(9-12)18(27)25-26-19(28)17-16(7-8-29-17)24-20(26)30-10-13-14(22)5-2-6-15(13)23/h1-9H,10H2,(H,25,27). The van der Waals surface area contributed by atoms with Gasteiger partial charge in [0.25, 0.3) is 11.5 Å². The molecular weight excluding hydrogens is 513 g/mol. The van der Waals surface area contributed by atoms with Crippen molar-refractivity contribution in [2.24, 2.45) is 0 Å². The highest BCUT2D eigenvalue weighted by Gasteiger charge is 2.17. The van der Waals surface area contributed by atoms with Gasteiger partial charge in [-0.05, 0) is 41.8 Å². The fraction of sp³-hybridized carbons (Fsp3) is 0.0500. The van der Waals surface area contributed by atoms with Gasteiger partial charge in [-0.2, -0.15) is 4.68 Å². The van der Waals surface area contributed by atoms with Crippen LogP contribution >= 0.6 is 50.6 Å². The Bertz CT molecular complexity index is 1300. The van der Waals surface area contributed by atoms with Crippen LogP contribution in [0.2, 0.25) is 5.02 Å². The van der Waals surface area contributed by atoms with Gasteiger partial charge in [-0.15, -0.1) is 11.3 Å². The first-order valence-electron chi connectivity index (χ1n) is 8.57. The van der Waals surface area contributed by atoms with E-state index in [1.54, 1.807) is 41.8 Å². The number of amides is 1. The number of rotatable bonds is 5. The molecule has 2 heterocycles. The van der Waals surface area contributed by atoms with Crippen molar-refractivity contribution in [3.05, 3.63) is 90.7 Å². The molecule has 0 aliphatic carbocycles. The molecule has 0 aliphatic rings. The quantitative estimate of drug-likeness (QED) is 0.269. The summed E-state index contributed by atoms with van der Waals surface area (Å²) in [5.74, 6) is -0.777. The number of benzene rings is 2. The van der Waals surface area contributed by atoms with E-state index in [0.29, 0.717) is 21.3 Å². The number of halogens is 3. The minimum Gasteiger partial charge on any atom is -0.267 e. The summed E-state index contributed by atoms with van der Waals surface area (Å²) in [5, 5.41) is 2.27. The highest BCUT2D eigenvalue weighted by atomic mass is 79.9. The first-order chi connectivity index (χ1) is 14.4. The van der Waals surface area contributed by atoms with E-state index >= 15 is 0 Å². The predicted octanol–water partition coefficient (Wildman–Crippen LogP) is 5.69. The molecule has 0 fully saturated rings. The summed E-state index contributed by atoms with van der Waals surface area (Å²) < 4.78 is 16.4. The van der Waals surface area contributed by atoms with Crippen LogP contribution in [-0.4, -0.2) is 15.6 Å². The van der Waals surface area contributed by atoms with Crippen LogP contribution in [0.4, 0.5) is 4.39 Å². The molecule has 30 heavy (non-hydrogen) atoms. The largest absolute Gasteiger partial charge is 0.291 e. The minimum atomic E-state index is -0.470. The summed E-state index contributed by atoms with van der Waals surface area (Å²) in [6.45, 7) is 0. The smallest absolute Gasteiger partial charge is 0.267 e. The maximum Gasteiger partial charge on any atom is 0.291 e. The fourth-order valence-corrected chi connectivity index (χ4v) is 5.15. The highest BCUT2D eigenvalue weighted by Crippen LogP contribution is 2.28. The van der Waals surface area contributed by atoms with E-state index in [0.717, 1.165) is 20.9 Å². The normalized spacial score (nSPS) is 11.0. The zero-order chi connectivity index (χ0) is 21.3. The second kappa shape index (κ2) is 8.89. The number of thioether (sulfide) groups is 1. The monoisotopic (exact) mass is 523 g/mol. The number of aromatic nitrogens is 2. The number of fused-ring (bicyclic) bond motifs is 1. The lowest BCUT2D eigenvalue weighted by molar-refractivity contribution is 0.100. The average Bonchev–Trinajstić information content (AvgIpc) is 3.19. The van der Waals surface area contributed by atoms with Gasteiger partial charge in [0.1, 0.15) is 10.5 Å². The number of thiophene rings is 1.